The van der Waals surface area contributed by atoms with Crippen LogP contribution in [0.3, 0.4) is 0 Å². The third-order valence-electron chi connectivity index (χ3n) is 0.939. The Morgan fingerprint density at radius 2 is 2.33 bits per heavy atom. The fourth-order valence-electron chi connectivity index (χ4n) is 0.526. The molecule has 0 aliphatic heterocycles. The van der Waals surface area contributed by atoms with Gasteiger partial charge in [0.25, 0.3) is 0 Å². The predicted molar refractivity (Wildman–Crippen MR) is 32.2 cm³/mol. The molecular weight excluding hydrogens is 116 g/mol. The zero-order valence-electron chi connectivity index (χ0n) is 4.66. The van der Waals surface area contributed by atoms with Crippen LogP contribution in [0.15, 0.2) is 24.3 Å². The minimum Gasteiger partial charge on any atom is -0.478 e. The van der Waals surface area contributed by atoms with Gasteiger partial charge in [-0.15, -0.1) is 0 Å². The Balaban J connectivity index is 2.98. The molecule has 0 aromatic heterocycles. The summed E-state index contributed by atoms with van der Waals surface area (Å²) in [6.45, 7) is 0. The molecule has 0 saturated carbocycles. The van der Waals surface area contributed by atoms with Gasteiger partial charge in [-0.25, -0.2) is 4.79 Å². The average molecular weight is 121 g/mol. The quantitative estimate of drug-likeness (QED) is 0.605. The first-order chi connectivity index (χ1) is 4.30. The van der Waals surface area contributed by atoms with E-state index >= 15 is 0 Å². The molecule has 0 spiro atoms. The highest BCUT2D eigenvalue weighted by Crippen LogP contribution is 1.94. The molecule has 1 rings (SSSR count). The van der Waals surface area contributed by atoms with E-state index in [9.17, 15) is 4.79 Å². The van der Waals surface area contributed by atoms with Crippen LogP contribution in [0, 0.1) is 6.07 Å². The Morgan fingerprint density at radius 1 is 1.56 bits per heavy atom. The Labute approximate surface area is 52.8 Å². The van der Waals surface area contributed by atoms with Crippen molar-refractivity contribution in [1.29, 1.82) is 0 Å². The highest BCUT2D eigenvalue weighted by molar-refractivity contribution is 5.87. The van der Waals surface area contributed by atoms with Gasteiger partial charge in [0.1, 0.15) is 0 Å². The summed E-state index contributed by atoms with van der Waals surface area (Å²) in [5.41, 5.74) is 0.206. The van der Waals surface area contributed by atoms with Gasteiger partial charge >= 0.3 is 5.97 Å². The number of carboxylic acids is 1. The maximum absolute atomic E-state index is 10.2. The van der Waals surface area contributed by atoms with Crippen LogP contribution in [0.4, 0.5) is 0 Å². The summed E-state index contributed by atoms with van der Waals surface area (Å²) < 4.78 is 0. The summed E-state index contributed by atoms with van der Waals surface area (Å²) in [4.78, 5) is 10.2. The molecule has 1 aromatic rings. The molecule has 0 saturated heterocycles. The van der Waals surface area contributed by atoms with E-state index in [4.69, 9.17) is 5.11 Å². The number of rotatable bonds is 1. The summed E-state index contributed by atoms with van der Waals surface area (Å²) in [6.07, 6.45) is 0. The lowest BCUT2D eigenvalue weighted by atomic mass is 10.2. The van der Waals surface area contributed by atoms with Gasteiger partial charge in [0.2, 0.25) is 0 Å². The molecule has 0 fully saturated rings. The number of benzene rings is 1. The van der Waals surface area contributed by atoms with Crippen LogP contribution in [0.5, 0.6) is 0 Å². The molecule has 45 valence electrons. The molecule has 0 amide bonds. The number of carbonyl (C=O) groups is 1. The lowest BCUT2D eigenvalue weighted by Crippen LogP contribution is -1.94. The van der Waals surface area contributed by atoms with Crippen LogP contribution < -0.4 is 0 Å². The van der Waals surface area contributed by atoms with Gasteiger partial charge in [0.15, 0.2) is 0 Å². The Bertz CT molecular complexity index is 203. The Kier molecular flexibility index (Phi) is 1.49. The van der Waals surface area contributed by atoms with Gasteiger partial charge in [-0.2, -0.15) is 0 Å². The van der Waals surface area contributed by atoms with E-state index < -0.39 is 5.97 Å². The second kappa shape index (κ2) is 2.31. The molecule has 0 bridgehead atoms. The Hall–Kier alpha value is -1.31. The van der Waals surface area contributed by atoms with Crippen LogP contribution in [-0.4, -0.2) is 11.1 Å². The molecule has 2 heteroatoms. The second-order valence-electron chi connectivity index (χ2n) is 1.58. The molecule has 0 aliphatic rings. The largest absolute Gasteiger partial charge is 0.478 e. The lowest BCUT2D eigenvalue weighted by molar-refractivity contribution is 0.0696. The predicted octanol–water partition coefficient (Wildman–Crippen LogP) is 1.18. The smallest absolute Gasteiger partial charge is 0.336 e. The molecule has 0 heterocycles. The number of hydrogen-bond donors (Lipinski definition) is 1. The zero-order chi connectivity index (χ0) is 6.69. The molecule has 1 aromatic carbocycles. The summed E-state index contributed by atoms with van der Waals surface area (Å²) in [6, 6.07) is 9.04. The number of hydrogen-bond acceptors (Lipinski definition) is 1. The van der Waals surface area contributed by atoms with Gasteiger partial charge in [0.05, 0.1) is 5.56 Å². The van der Waals surface area contributed by atoms with Gasteiger partial charge < -0.3 is 5.11 Å². The third-order valence-corrected chi connectivity index (χ3v) is 0.939. The van der Waals surface area contributed by atoms with Crippen LogP contribution in [-0.2, 0) is 0 Å². The van der Waals surface area contributed by atoms with E-state index in [0.717, 1.165) is 0 Å². The van der Waals surface area contributed by atoms with Crippen LogP contribution >= 0.6 is 0 Å². The van der Waals surface area contributed by atoms with Crippen molar-refractivity contribution in [3.63, 3.8) is 0 Å². The monoisotopic (exact) mass is 121 g/mol. The second-order valence-corrected chi connectivity index (χ2v) is 1.58. The molecule has 9 heavy (non-hydrogen) atoms. The van der Waals surface area contributed by atoms with Gasteiger partial charge in [-0.1, -0.05) is 18.2 Å². The first kappa shape index (κ1) is 5.82. The van der Waals surface area contributed by atoms with E-state index in [-0.39, 0.29) is 5.56 Å². The van der Waals surface area contributed by atoms with Crippen molar-refractivity contribution in [3.8, 4) is 0 Å². The number of carboxylic acid groups (broad SMARTS) is 1. The minimum atomic E-state index is -0.935. The van der Waals surface area contributed by atoms with Crippen molar-refractivity contribution in [2.24, 2.45) is 0 Å². The normalized spacial score (nSPS) is 8.89. The standard InChI is InChI=1S/C7H5O2/c8-7(9)6-4-2-1-3-5-6/h1-4H,(H,8,9). The van der Waals surface area contributed by atoms with E-state index in [1.807, 2.05) is 0 Å². The number of aromatic carboxylic acids is 1. The van der Waals surface area contributed by atoms with Gasteiger partial charge in [-0.05, 0) is 12.1 Å². The molecule has 2 nitrogen and oxygen atoms in total. The first-order valence-corrected chi connectivity index (χ1v) is 2.51. The van der Waals surface area contributed by atoms with Crippen molar-refractivity contribution in [1.82, 2.24) is 0 Å². The van der Waals surface area contributed by atoms with Crippen LogP contribution in [0.2, 0.25) is 0 Å². The van der Waals surface area contributed by atoms with Gasteiger partial charge in [0, 0.05) is 0 Å². The van der Waals surface area contributed by atoms with Crippen molar-refractivity contribution in [2.75, 3.05) is 0 Å². The SMILES string of the molecule is O=C(O)c1[c]cccc1. The highest BCUT2D eigenvalue weighted by Gasteiger charge is 1.97. The topological polar surface area (TPSA) is 37.3 Å². The van der Waals surface area contributed by atoms with Gasteiger partial charge in [-0.3, -0.25) is 0 Å². The molecule has 0 aliphatic carbocycles. The fourth-order valence-corrected chi connectivity index (χ4v) is 0.526. The van der Waals surface area contributed by atoms with Crippen LogP contribution in [0.25, 0.3) is 0 Å². The maximum Gasteiger partial charge on any atom is 0.336 e. The van der Waals surface area contributed by atoms with Crippen molar-refractivity contribution >= 4 is 5.97 Å². The summed E-state index contributed by atoms with van der Waals surface area (Å²) in [7, 11) is 0. The van der Waals surface area contributed by atoms with Crippen molar-refractivity contribution < 1.29 is 9.90 Å². The molecular formula is C7H5O2. The molecule has 0 unspecified atom stereocenters. The molecule has 1 N–H and O–H groups in total. The Morgan fingerprint density at radius 3 is 2.67 bits per heavy atom. The zero-order valence-corrected chi connectivity index (χ0v) is 4.66. The first-order valence-electron chi connectivity index (χ1n) is 2.51. The van der Waals surface area contributed by atoms with E-state index in [0.29, 0.717) is 0 Å². The van der Waals surface area contributed by atoms with Crippen molar-refractivity contribution in [3.05, 3.63) is 35.9 Å². The fraction of sp³-hybridized carbons (Fsp3) is 0. The van der Waals surface area contributed by atoms with Crippen LogP contribution in [0.1, 0.15) is 10.4 Å². The lowest BCUT2D eigenvalue weighted by Gasteiger charge is -1.87. The van der Waals surface area contributed by atoms with E-state index in [2.05, 4.69) is 6.07 Å². The summed E-state index contributed by atoms with van der Waals surface area (Å²) in [5.74, 6) is -0.935. The highest BCUT2D eigenvalue weighted by atomic mass is 16.4. The van der Waals surface area contributed by atoms with E-state index in [1.165, 1.54) is 6.07 Å². The molecule has 1 radical (unpaired) electrons. The summed E-state index contributed by atoms with van der Waals surface area (Å²) >= 11 is 0. The van der Waals surface area contributed by atoms with E-state index in [1.54, 1.807) is 18.2 Å². The third kappa shape index (κ3) is 1.29. The summed E-state index contributed by atoms with van der Waals surface area (Å²) in [5, 5.41) is 8.35. The van der Waals surface area contributed by atoms with Crippen molar-refractivity contribution in [2.45, 2.75) is 0 Å². The minimum absolute atomic E-state index is 0.206. The maximum atomic E-state index is 10.2. The average Bonchev–Trinajstić information content (AvgIpc) is 1.90. The molecule has 0 atom stereocenters.